The number of carbonyl (C=O) groups excluding carboxylic acids is 5. The Morgan fingerprint density at radius 2 is 1.56 bits per heavy atom. The second-order valence-electron chi connectivity index (χ2n) is 22.2. The number of hydrogen-bond donors (Lipinski definition) is 6. The van der Waals surface area contributed by atoms with Gasteiger partial charge in [0.15, 0.2) is 5.82 Å². The first kappa shape index (κ1) is 59.3. The number of H-pyrrole nitrogens is 1. The fraction of sp³-hybridized carbons (Fsp3) is 0.450. The lowest BCUT2D eigenvalue weighted by molar-refractivity contribution is -0.144. The summed E-state index contributed by atoms with van der Waals surface area (Å²) in [7, 11) is 0. The number of nitrogens with zero attached hydrogens (tertiary/aromatic N) is 5. The van der Waals surface area contributed by atoms with Crippen molar-refractivity contribution < 1.29 is 52.1 Å². The van der Waals surface area contributed by atoms with E-state index in [9.17, 15) is 37.9 Å². The molecule has 6 aromatic rings. The lowest BCUT2D eigenvalue weighted by Gasteiger charge is -2.36. The molecule has 3 saturated heterocycles. The molecular weight excluding hydrogens is 1070 g/mol. The zero-order valence-corrected chi connectivity index (χ0v) is 47.6. The molecule has 3 atom stereocenters. The number of thiazole rings is 1. The number of likely N-dealkylation sites (tertiary alicyclic amines) is 1. The summed E-state index contributed by atoms with van der Waals surface area (Å²) in [4.78, 5) is 78.8. The van der Waals surface area contributed by atoms with Crippen LogP contribution in [0.25, 0.3) is 21.3 Å². The predicted octanol–water partition coefficient (Wildman–Crippen LogP) is 6.98. The molecule has 5 amide bonds. The molecule has 6 N–H and O–H groups in total. The number of ether oxygens (including phenoxy) is 3. The predicted molar refractivity (Wildman–Crippen MR) is 308 cm³/mol. The number of β-amino-alcohol motifs (C(OH)–C–C–N with tert-alkyl or cyclic N) is 1. The van der Waals surface area contributed by atoms with E-state index in [2.05, 4.69) is 41.3 Å². The highest BCUT2D eigenvalue weighted by Gasteiger charge is 2.44. The molecule has 0 saturated carbocycles. The Hall–Kier alpha value is -7.37. The zero-order chi connectivity index (χ0) is 57.9. The number of aromatic amines is 1. The van der Waals surface area contributed by atoms with Gasteiger partial charge < -0.3 is 55.3 Å². The molecule has 0 radical (unpaired) electrons. The van der Waals surface area contributed by atoms with Gasteiger partial charge in [-0.2, -0.15) is 5.10 Å². The van der Waals surface area contributed by atoms with Gasteiger partial charge in [0.25, 0.3) is 5.91 Å². The third kappa shape index (κ3) is 15.4. The number of aliphatic hydroxyl groups excluding tert-OH is 1. The third-order valence-corrected chi connectivity index (χ3v) is 16.0. The van der Waals surface area contributed by atoms with Gasteiger partial charge in [0.05, 0.1) is 66.1 Å². The highest BCUT2D eigenvalue weighted by Crippen LogP contribution is 2.32. The van der Waals surface area contributed by atoms with E-state index in [-0.39, 0.29) is 89.0 Å². The van der Waals surface area contributed by atoms with Crippen LogP contribution in [0.2, 0.25) is 0 Å². The van der Waals surface area contributed by atoms with Crippen molar-refractivity contribution in [2.45, 2.75) is 97.0 Å². The summed E-state index contributed by atoms with van der Waals surface area (Å²) in [6.07, 6.45) is 1.19. The second kappa shape index (κ2) is 27.1. The van der Waals surface area contributed by atoms with Gasteiger partial charge in [-0.25, -0.2) is 13.8 Å². The number of rotatable bonds is 22. The minimum absolute atomic E-state index is 0.0238. The Morgan fingerprint density at radius 1 is 0.854 bits per heavy atom. The fourth-order valence-corrected chi connectivity index (χ4v) is 11.3. The summed E-state index contributed by atoms with van der Waals surface area (Å²) >= 11 is 1.56. The maximum absolute atomic E-state index is 14.1. The Balaban J connectivity index is 0.690. The SMILES string of the molecule is Cc1ncsc1-c1ccc(CNC(=O)[C@@H]2C[C@@H](O)CN2C(=O)[C@@H](NC(=O)CCOCCOCCC(=O)N2CCN(c3ccc(C(=O)Nc4n[nH]c5ccc(Cc6cc(F)cc(F)c6)cc45)c(NC4CCOCC4)c3)CC2)C(C)(C)C)cc1. The lowest BCUT2D eigenvalue weighted by atomic mass is 9.85. The maximum atomic E-state index is 14.1. The molecule has 2 aromatic heterocycles. The summed E-state index contributed by atoms with van der Waals surface area (Å²) in [5, 5.41) is 31.0. The van der Waals surface area contributed by atoms with Crippen molar-refractivity contribution in [3.05, 3.63) is 124 Å². The van der Waals surface area contributed by atoms with E-state index in [0.29, 0.717) is 72.9 Å². The van der Waals surface area contributed by atoms with Crippen molar-refractivity contribution in [3.63, 3.8) is 0 Å². The molecule has 9 rings (SSSR count). The molecular formula is C60H72F2N10O9S. The Morgan fingerprint density at radius 3 is 2.26 bits per heavy atom. The second-order valence-corrected chi connectivity index (χ2v) is 23.0. The quantitative estimate of drug-likeness (QED) is 0.0378. The average molecular weight is 1150 g/mol. The van der Waals surface area contributed by atoms with Crippen molar-refractivity contribution in [3.8, 4) is 10.4 Å². The van der Waals surface area contributed by atoms with Gasteiger partial charge >= 0.3 is 0 Å². The van der Waals surface area contributed by atoms with Gasteiger partial charge in [0, 0.05) is 94.2 Å². The van der Waals surface area contributed by atoms with Crippen LogP contribution in [0, 0.1) is 24.0 Å². The molecule has 22 heteroatoms. The zero-order valence-electron chi connectivity index (χ0n) is 46.7. The minimum Gasteiger partial charge on any atom is -0.391 e. The Kier molecular flexibility index (Phi) is 19.6. The molecule has 0 aliphatic carbocycles. The first-order valence-electron chi connectivity index (χ1n) is 27.9. The maximum Gasteiger partial charge on any atom is 0.258 e. The van der Waals surface area contributed by atoms with Crippen LogP contribution >= 0.6 is 11.3 Å². The fourth-order valence-electron chi connectivity index (χ4n) is 10.5. The monoisotopic (exact) mass is 1150 g/mol. The van der Waals surface area contributed by atoms with Gasteiger partial charge in [-0.3, -0.25) is 29.1 Å². The van der Waals surface area contributed by atoms with Gasteiger partial charge in [0.1, 0.15) is 23.7 Å². The molecule has 3 aliphatic rings. The number of fused-ring (bicyclic) bond motifs is 1. The number of benzene rings is 4. The summed E-state index contributed by atoms with van der Waals surface area (Å²) in [6.45, 7) is 11.7. The van der Waals surface area contributed by atoms with Crippen LogP contribution in [0.4, 0.5) is 26.0 Å². The molecule has 0 spiro atoms. The number of hydrogen-bond acceptors (Lipinski definition) is 14. The summed E-state index contributed by atoms with van der Waals surface area (Å²) in [5.41, 5.74) is 7.92. The molecule has 0 unspecified atom stereocenters. The van der Waals surface area contributed by atoms with E-state index in [0.717, 1.165) is 51.9 Å². The topological polar surface area (TPSA) is 233 Å². The summed E-state index contributed by atoms with van der Waals surface area (Å²) < 4.78 is 44.9. The van der Waals surface area contributed by atoms with E-state index in [1.807, 2.05) is 87.2 Å². The summed E-state index contributed by atoms with van der Waals surface area (Å²) in [6, 6.07) is 20.7. The van der Waals surface area contributed by atoms with Crippen LogP contribution in [0.3, 0.4) is 0 Å². The van der Waals surface area contributed by atoms with Gasteiger partial charge in [-0.15, -0.1) is 11.3 Å². The molecule has 4 aromatic carbocycles. The van der Waals surface area contributed by atoms with Crippen LogP contribution in [0.1, 0.15) is 85.6 Å². The first-order valence-corrected chi connectivity index (χ1v) is 28.8. The molecule has 19 nitrogen and oxygen atoms in total. The van der Waals surface area contributed by atoms with Gasteiger partial charge in [0.2, 0.25) is 23.6 Å². The van der Waals surface area contributed by atoms with Crippen LogP contribution in [0.5, 0.6) is 0 Å². The molecule has 436 valence electrons. The van der Waals surface area contributed by atoms with Crippen LogP contribution in [0.15, 0.2) is 84.4 Å². The standard InChI is InChI=1S/C60H72F2N10O9S/c1-37-54(82-36-64-37)41-8-5-38(6-9-41)34-63-58(77)51-33-46(73)35-72(51)59(78)55(60(2,3)4)66-52(74)15-23-80-25-26-81-24-16-53(75)71-19-17-70(18-20-71)45-10-11-47(50(32-45)65-44-13-21-79-22-14-44)57(76)67-56-48-30-39(7-12-49(48)68-69-56)27-40-28-42(61)31-43(62)29-40/h5-12,28-32,36,44,46,51,55,65,73H,13-27,33-35H2,1-4H3,(H,63,77)(H,66,74)(H2,67,68,69,76)/t46-,51+,55-/m1/s1. The van der Waals surface area contributed by atoms with E-state index >= 15 is 0 Å². The van der Waals surface area contributed by atoms with Gasteiger partial charge in [-0.1, -0.05) is 51.1 Å². The number of piperazine rings is 1. The number of aryl methyl sites for hydroxylation is 1. The normalized spacial score (nSPS) is 17.2. The van der Waals surface area contributed by atoms with Gasteiger partial charge in [-0.05, 0) is 96.3 Å². The summed E-state index contributed by atoms with van der Waals surface area (Å²) in [5.74, 6) is -2.61. The highest BCUT2D eigenvalue weighted by atomic mass is 32.1. The van der Waals surface area contributed by atoms with Crippen molar-refractivity contribution in [2.24, 2.45) is 5.41 Å². The van der Waals surface area contributed by atoms with Crippen molar-refractivity contribution in [1.29, 1.82) is 0 Å². The number of amides is 5. The molecule has 0 bridgehead atoms. The number of nitrogens with one attached hydrogen (secondary N) is 5. The largest absolute Gasteiger partial charge is 0.391 e. The highest BCUT2D eigenvalue weighted by molar-refractivity contribution is 7.13. The smallest absolute Gasteiger partial charge is 0.258 e. The number of aliphatic hydroxyl groups is 1. The first-order chi connectivity index (χ1) is 39.4. The molecule has 3 fully saturated rings. The minimum atomic E-state index is -0.969. The van der Waals surface area contributed by atoms with Crippen molar-refractivity contribution in [1.82, 2.24) is 35.6 Å². The third-order valence-electron chi connectivity index (χ3n) is 15.0. The average Bonchev–Trinajstić information content (AvgIpc) is 4.25. The van der Waals surface area contributed by atoms with E-state index < -0.39 is 47.1 Å². The number of carbonyl (C=O) groups is 5. The Labute approximate surface area is 479 Å². The van der Waals surface area contributed by atoms with Crippen LogP contribution in [-0.4, -0.2) is 156 Å². The van der Waals surface area contributed by atoms with Crippen LogP contribution < -0.4 is 26.2 Å². The van der Waals surface area contributed by atoms with Crippen molar-refractivity contribution >= 4 is 69.0 Å². The molecule has 82 heavy (non-hydrogen) atoms. The van der Waals surface area contributed by atoms with Crippen molar-refractivity contribution in [2.75, 3.05) is 87.9 Å². The number of anilines is 3. The van der Waals surface area contributed by atoms with E-state index in [1.165, 1.54) is 17.0 Å². The number of aromatic nitrogens is 3. The molecule has 5 heterocycles. The number of halogens is 2. The Bertz CT molecular complexity index is 3190. The van der Waals surface area contributed by atoms with E-state index in [1.54, 1.807) is 22.9 Å². The van der Waals surface area contributed by atoms with Crippen LogP contribution in [-0.2, 0) is 46.4 Å². The lowest BCUT2D eigenvalue weighted by Crippen LogP contribution is -2.57. The van der Waals surface area contributed by atoms with E-state index in [4.69, 9.17) is 14.2 Å². The molecule has 3 aliphatic heterocycles.